The minimum atomic E-state index is 0.773. The van der Waals surface area contributed by atoms with Gasteiger partial charge in [-0.05, 0) is 25.7 Å². The first kappa shape index (κ1) is 17.7. The molecule has 2 aliphatic rings. The molecule has 0 spiro atoms. The van der Waals surface area contributed by atoms with Crippen LogP contribution < -0.4 is 10.6 Å². The molecule has 2 nitrogen and oxygen atoms in total. The molecule has 0 aromatic heterocycles. The summed E-state index contributed by atoms with van der Waals surface area (Å²) in [4.78, 5) is 0. The highest BCUT2D eigenvalue weighted by molar-refractivity contribution is 5.20. The molecular weight excluding hydrogens is 268 g/mol. The smallest absolute Gasteiger partial charge is 0.0334 e. The molecule has 128 valence electrons. The van der Waals surface area contributed by atoms with Crippen LogP contribution in [0.25, 0.3) is 0 Å². The highest BCUT2D eigenvalue weighted by Crippen LogP contribution is 2.33. The molecule has 1 aliphatic heterocycles. The van der Waals surface area contributed by atoms with E-state index in [0.29, 0.717) is 0 Å². The molecule has 0 radical (unpaired) electrons. The van der Waals surface area contributed by atoms with Crippen LogP contribution in [0.15, 0.2) is 11.4 Å². The number of allylic oxidation sites excluding steroid dienone is 2. The van der Waals surface area contributed by atoms with Crippen LogP contribution in [0, 0.1) is 11.8 Å². The lowest BCUT2D eigenvalue weighted by Crippen LogP contribution is -2.40. The summed E-state index contributed by atoms with van der Waals surface area (Å²) in [5.41, 5.74) is 3.22. The van der Waals surface area contributed by atoms with E-state index in [0.717, 1.165) is 24.9 Å². The molecule has 0 fully saturated rings. The maximum atomic E-state index is 3.82. The van der Waals surface area contributed by atoms with Gasteiger partial charge in [0, 0.05) is 36.3 Å². The Balaban J connectivity index is 2.21. The fourth-order valence-electron chi connectivity index (χ4n) is 4.29. The van der Waals surface area contributed by atoms with Crippen LogP contribution >= 0.6 is 0 Å². The summed E-state index contributed by atoms with van der Waals surface area (Å²) in [5, 5.41) is 7.64. The highest BCUT2D eigenvalue weighted by Gasteiger charge is 2.25. The fraction of sp³-hybridized carbons (Fsp3) is 0.900. The monoisotopic (exact) mass is 306 g/mol. The van der Waals surface area contributed by atoms with E-state index in [2.05, 4.69) is 24.5 Å². The molecule has 2 heteroatoms. The van der Waals surface area contributed by atoms with Gasteiger partial charge in [-0.2, -0.15) is 0 Å². The standard InChI is InChI=1S/C20H38N2/c1-3-5-12-18-14-10-8-6-7-9-13-17(11-4-2)19-20(18)22-16-15-21-19/h17-18,21-22H,3-16H2,1-2H3. The second-order valence-corrected chi connectivity index (χ2v) is 7.35. The third kappa shape index (κ3) is 5.21. The first-order valence-electron chi connectivity index (χ1n) is 10.1. The SMILES string of the molecule is CCCCC1CCCCCCCC(CCC)C2=C1NCCN2. The van der Waals surface area contributed by atoms with Crippen LogP contribution in [0.2, 0.25) is 0 Å². The Morgan fingerprint density at radius 2 is 1.27 bits per heavy atom. The normalized spacial score (nSPS) is 27.4. The predicted octanol–water partition coefficient (Wildman–Crippen LogP) is 5.36. The largest absolute Gasteiger partial charge is 0.385 e. The Hall–Kier alpha value is -0.660. The molecule has 0 aromatic carbocycles. The first-order chi connectivity index (χ1) is 10.9. The van der Waals surface area contributed by atoms with Crippen molar-refractivity contribution in [3.63, 3.8) is 0 Å². The number of nitrogens with one attached hydrogen (secondary N) is 2. The lowest BCUT2D eigenvalue weighted by atomic mass is 9.85. The van der Waals surface area contributed by atoms with Gasteiger partial charge in [-0.3, -0.25) is 0 Å². The average Bonchev–Trinajstić information content (AvgIpc) is 2.58. The molecule has 2 unspecified atom stereocenters. The quantitative estimate of drug-likeness (QED) is 0.714. The van der Waals surface area contributed by atoms with Crippen LogP contribution in [0.1, 0.15) is 90.9 Å². The third-order valence-corrected chi connectivity index (χ3v) is 5.51. The molecule has 2 rings (SSSR count). The van der Waals surface area contributed by atoms with Crippen molar-refractivity contribution in [1.82, 2.24) is 10.6 Å². The van der Waals surface area contributed by atoms with E-state index in [1.54, 1.807) is 11.4 Å². The van der Waals surface area contributed by atoms with Gasteiger partial charge in [0.15, 0.2) is 0 Å². The molecule has 22 heavy (non-hydrogen) atoms. The Kier molecular flexibility index (Phi) is 8.18. The van der Waals surface area contributed by atoms with E-state index in [1.807, 2.05) is 0 Å². The number of hydrogen-bond donors (Lipinski definition) is 2. The summed E-state index contributed by atoms with van der Waals surface area (Å²) in [7, 11) is 0. The molecule has 2 atom stereocenters. The second kappa shape index (κ2) is 10.2. The number of unbranched alkanes of at least 4 members (excludes halogenated alkanes) is 1. The molecule has 1 aliphatic carbocycles. The van der Waals surface area contributed by atoms with Crippen molar-refractivity contribution in [2.24, 2.45) is 11.8 Å². The van der Waals surface area contributed by atoms with Crippen molar-refractivity contribution < 1.29 is 0 Å². The van der Waals surface area contributed by atoms with Crippen LogP contribution in [0.3, 0.4) is 0 Å². The molecular formula is C20H38N2. The Bertz CT molecular complexity index is 335. The fourth-order valence-corrected chi connectivity index (χ4v) is 4.29. The van der Waals surface area contributed by atoms with Crippen molar-refractivity contribution in [2.75, 3.05) is 13.1 Å². The molecule has 0 aromatic rings. The summed E-state index contributed by atoms with van der Waals surface area (Å²) >= 11 is 0. The zero-order valence-corrected chi connectivity index (χ0v) is 15.1. The molecule has 0 saturated carbocycles. The van der Waals surface area contributed by atoms with Crippen molar-refractivity contribution in [3.8, 4) is 0 Å². The van der Waals surface area contributed by atoms with Gasteiger partial charge in [-0.25, -0.2) is 0 Å². The first-order valence-corrected chi connectivity index (χ1v) is 10.1. The number of rotatable bonds is 5. The van der Waals surface area contributed by atoms with E-state index < -0.39 is 0 Å². The van der Waals surface area contributed by atoms with Crippen molar-refractivity contribution in [3.05, 3.63) is 11.4 Å². The highest BCUT2D eigenvalue weighted by atomic mass is 15.0. The van der Waals surface area contributed by atoms with Crippen LogP contribution in [0.4, 0.5) is 0 Å². The molecule has 0 amide bonds. The van der Waals surface area contributed by atoms with E-state index in [4.69, 9.17) is 0 Å². The Labute approximate surface area is 138 Å². The average molecular weight is 307 g/mol. The Morgan fingerprint density at radius 3 is 1.82 bits per heavy atom. The van der Waals surface area contributed by atoms with E-state index >= 15 is 0 Å². The van der Waals surface area contributed by atoms with Crippen LogP contribution in [-0.2, 0) is 0 Å². The minimum Gasteiger partial charge on any atom is -0.385 e. The molecule has 0 saturated heterocycles. The summed E-state index contributed by atoms with van der Waals surface area (Å²) < 4.78 is 0. The molecule has 0 bridgehead atoms. The van der Waals surface area contributed by atoms with E-state index in [9.17, 15) is 0 Å². The maximum absolute atomic E-state index is 3.82. The van der Waals surface area contributed by atoms with Gasteiger partial charge in [0.1, 0.15) is 0 Å². The van der Waals surface area contributed by atoms with Gasteiger partial charge in [-0.15, -0.1) is 0 Å². The zero-order chi connectivity index (χ0) is 15.6. The summed E-state index contributed by atoms with van der Waals surface area (Å²) in [6, 6.07) is 0. The van der Waals surface area contributed by atoms with Crippen molar-refractivity contribution in [1.29, 1.82) is 0 Å². The van der Waals surface area contributed by atoms with E-state index in [1.165, 1.54) is 77.0 Å². The van der Waals surface area contributed by atoms with Crippen molar-refractivity contribution in [2.45, 2.75) is 90.9 Å². The minimum absolute atomic E-state index is 0.773. The van der Waals surface area contributed by atoms with Crippen LogP contribution in [0.5, 0.6) is 0 Å². The molecule has 1 heterocycles. The maximum Gasteiger partial charge on any atom is 0.0334 e. The Morgan fingerprint density at radius 1 is 0.727 bits per heavy atom. The van der Waals surface area contributed by atoms with Gasteiger partial charge in [0.25, 0.3) is 0 Å². The van der Waals surface area contributed by atoms with Gasteiger partial charge in [0.05, 0.1) is 0 Å². The van der Waals surface area contributed by atoms with E-state index in [-0.39, 0.29) is 0 Å². The lowest BCUT2D eigenvalue weighted by molar-refractivity contribution is 0.396. The summed E-state index contributed by atoms with van der Waals surface area (Å²) in [5.74, 6) is 1.55. The van der Waals surface area contributed by atoms with Gasteiger partial charge < -0.3 is 10.6 Å². The third-order valence-electron chi connectivity index (χ3n) is 5.51. The van der Waals surface area contributed by atoms with Crippen LogP contribution in [-0.4, -0.2) is 13.1 Å². The van der Waals surface area contributed by atoms with Gasteiger partial charge in [-0.1, -0.05) is 65.2 Å². The van der Waals surface area contributed by atoms with Crippen molar-refractivity contribution >= 4 is 0 Å². The molecule has 2 N–H and O–H groups in total. The topological polar surface area (TPSA) is 24.1 Å². The van der Waals surface area contributed by atoms with Gasteiger partial charge in [0.2, 0.25) is 0 Å². The lowest BCUT2D eigenvalue weighted by Gasteiger charge is -2.33. The predicted molar refractivity (Wildman–Crippen MR) is 96.8 cm³/mol. The number of hydrogen-bond acceptors (Lipinski definition) is 2. The summed E-state index contributed by atoms with van der Waals surface area (Å²) in [6.07, 6.45) is 16.7. The second-order valence-electron chi connectivity index (χ2n) is 7.35. The summed E-state index contributed by atoms with van der Waals surface area (Å²) in [6.45, 7) is 6.89. The van der Waals surface area contributed by atoms with Gasteiger partial charge >= 0.3 is 0 Å². The zero-order valence-electron chi connectivity index (χ0n) is 15.1.